The second kappa shape index (κ2) is 2.19. The maximum atomic E-state index is 5.48. The topological polar surface area (TPSA) is 26.0 Å². The monoisotopic (exact) mass is 109 g/mol. The van der Waals surface area contributed by atoms with Crippen molar-refractivity contribution in [1.82, 2.24) is 0 Å². The van der Waals surface area contributed by atoms with Gasteiger partial charge < -0.3 is 5.73 Å². The molecule has 1 atom stereocenters. The lowest BCUT2D eigenvalue weighted by Gasteiger charge is -1.98. The van der Waals surface area contributed by atoms with Crippen LogP contribution in [0.3, 0.4) is 0 Å². The van der Waals surface area contributed by atoms with Gasteiger partial charge in [-0.2, -0.15) is 0 Å². The van der Waals surface area contributed by atoms with Gasteiger partial charge in [-0.3, -0.25) is 0 Å². The SMILES string of the molecule is C#CC(N)CC1CC1. The van der Waals surface area contributed by atoms with E-state index in [0.29, 0.717) is 0 Å². The molecule has 0 aromatic carbocycles. The molecular formula is C7H11N. The summed E-state index contributed by atoms with van der Waals surface area (Å²) in [6, 6.07) is 0.0162. The van der Waals surface area contributed by atoms with Crippen LogP contribution in [0.1, 0.15) is 19.3 Å². The summed E-state index contributed by atoms with van der Waals surface area (Å²) < 4.78 is 0. The van der Waals surface area contributed by atoms with E-state index in [9.17, 15) is 0 Å². The molecule has 1 heteroatoms. The molecule has 1 aliphatic carbocycles. The van der Waals surface area contributed by atoms with Gasteiger partial charge in [0.25, 0.3) is 0 Å². The molecule has 1 aliphatic rings. The maximum absolute atomic E-state index is 5.48. The van der Waals surface area contributed by atoms with Crippen LogP contribution in [-0.4, -0.2) is 6.04 Å². The highest BCUT2D eigenvalue weighted by Crippen LogP contribution is 2.32. The average molecular weight is 109 g/mol. The molecule has 0 aromatic rings. The molecule has 0 heterocycles. The van der Waals surface area contributed by atoms with Gasteiger partial charge in [-0.05, 0) is 12.3 Å². The summed E-state index contributed by atoms with van der Waals surface area (Å²) >= 11 is 0. The number of hydrogen-bond acceptors (Lipinski definition) is 1. The molecule has 0 amide bonds. The van der Waals surface area contributed by atoms with Gasteiger partial charge >= 0.3 is 0 Å². The van der Waals surface area contributed by atoms with Crippen LogP contribution in [0.4, 0.5) is 0 Å². The Kier molecular flexibility index (Phi) is 1.55. The Morgan fingerprint density at radius 1 is 1.75 bits per heavy atom. The van der Waals surface area contributed by atoms with E-state index in [-0.39, 0.29) is 6.04 Å². The van der Waals surface area contributed by atoms with Gasteiger partial charge in [-0.15, -0.1) is 6.42 Å². The van der Waals surface area contributed by atoms with Crippen LogP contribution in [0.25, 0.3) is 0 Å². The molecular weight excluding hydrogens is 98.1 g/mol. The Labute approximate surface area is 50.3 Å². The summed E-state index contributed by atoms with van der Waals surface area (Å²) in [6.45, 7) is 0. The Hall–Kier alpha value is -0.480. The normalized spacial score (nSPS) is 22.0. The third-order valence-electron chi connectivity index (χ3n) is 1.50. The lowest BCUT2D eigenvalue weighted by Crippen LogP contribution is -2.17. The third kappa shape index (κ3) is 1.55. The molecule has 0 aliphatic heterocycles. The van der Waals surface area contributed by atoms with Crippen molar-refractivity contribution < 1.29 is 0 Å². The lowest BCUT2D eigenvalue weighted by atomic mass is 10.2. The first-order valence-electron chi connectivity index (χ1n) is 3.04. The van der Waals surface area contributed by atoms with E-state index in [1.165, 1.54) is 12.8 Å². The summed E-state index contributed by atoms with van der Waals surface area (Å²) in [7, 11) is 0. The van der Waals surface area contributed by atoms with E-state index >= 15 is 0 Å². The zero-order valence-electron chi connectivity index (χ0n) is 4.93. The lowest BCUT2D eigenvalue weighted by molar-refractivity contribution is 0.667. The molecule has 0 spiro atoms. The maximum Gasteiger partial charge on any atom is 0.0664 e. The summed E-state index contributed by atoms with van der Waals surface area (Å²) in [5, 5.41) is 0. The minimum atomic E-state index is 0.0162. The summed E-state index contributed by atoms with van der Waals surface area (Å²) in [4.78, 5) is 0. The van der Waals surface area contributed by atoms with Gasteiger partial charge in [-0.1, -0.05) is 18.8 Å². The van der Waals surface area contributed by atoms with Crippen molar-refractivity contribution in [1.29, 1.82) is 0 Å². The van der Waals surface area contributed by atoms with E-state index in [4.69, 9.17) is 12.2 Å². The van der Waals surface area contributed by atoms with Gasteiger partial charge in [0, 0.05) is 0 Å². The Bertz CT molecular complexity index is 108. The second-order valence-electron chi connectivity index (χ2n) is 2.45. The molecule has 2 N–H and O–H groups in total. The molecule has 0 aromatic heterocycles. The number of hydrogen-bond donors (Lipinski definition) is 1. The van der Waals surface area contributed by atoms with Gasteiger partial charge in [0.05, 0.1) is 6.04 Å². The quantitative estimate of drug-likeness (QED) is 0.520. The first-order chi connectivity index (χ1) is 3.83. The first-order valence-corrected chi connectivity index (χ1v) is 3.04. The van der Waals surface area contributed by atoms with Crippen LogP contribution in [0, 0.1) is 18.3 Å². The fraction of sp³-hybridized carbons (Fsp3) is 0.714. The predicted molar refractivity (Wildman–Crippen MR) is 34.1 cm³/mol. The number of nitrogens with two attached hydrogens (primary N) is 1. The molecule has 44 valence electrons. The average Bonchev–Trinajstić information content (AvgIpc) is 2.50. The zero-order valence-corrected chi connectivity index (χ0v) is 4.93. The van der Waals surface area contributed by atoms with Crippen LogP contribution in [0.15, 0.2) is 0 Å². The summed E-state index contributed by atoms with van der Waals surface area (Å²) in [5.74, 6) is 3.38. The Morgan fingerprint density at radius 3 is 2.75 bits per heavy atom. The zero-order chi connectivity index (χ0) is 5.98. The van der Waals surface area contributed by atoms with Crippen molar-refractivity contribution in [2.24, 2.45) is 11.7 Å². The summed E-state index contributed by atoms with van der Waals surface area (Å²) in [6.07, 6.45) is 8.80. The Balaban J connectivity index is 2.09. The van der Waals surface area contributed by atoms with Gasteiger partial charge in [0.1, 0.15) is 0 Å². The van der Waals surface area contributed by atoms with Crippen LogP contribution in [0.5, 0.6) is 0 Å². The number of terminal acetylenes is 1. The predicted octanol–water partition coefficient (Wildman–Crippen LogP) is 0.747. The standard InChI is InChI=1S/C7H11N/c1-2-7(8)5-6-3-4-6/h1,6-7H,3-5,8H2. The molecule has 0 bridgehead atoms. The molecule has 1 rings (SSSR count). The van der Waals surface area contributed by atoms with E-state index < -0.39 is 0 Å². The summed E-state index contributed by atoms with van der Waals surface area (Å²) in [5.41, 5.74) is 5.48. The van der Waals surface area contributed by atoms with Crippen LogP contribution in [-0.2, 0) is 0 Å². The highest BCUT2D eigenvalue weighted by atomic mass is 14.6. The van der Waals surface area contributed by atoms with Crippen LogP contribution < -0.4 is 5.73 Å². The number of rotatable bonds is 2. The van der Waals surface area contributed by atoms with Crippen molar-refractivity contribution >= 4 is 0 Å². The van der Waals surface area contributed by atoms with Crippen molar-refractivity contribution in [3.8, 4) is 12.3 Å². The third-order valence-corrected chi connectivity index (χ3v) is 1.50. The molecule has 0 saturated heterocycles. The fourth-order valence-electron chi connectivity index (χ4n) is 0.781. The molecule has 0 radical (unpaired) electrons. The van der Waals surface area contributed by atoms with Gasteiger partial charge in [-0.25, -0.2) is 0 Å². The van der Waals surface area contributed by atoms with E-state index in [2.05, 4.69) is 5.92 Å². The van der Waals surface area contributed by atoms with E-state index in [1.54, 1.807) is 0 Å². The highest BCUT2D eigenvalue weighted by Gasteiger charge is 2.22. The van der Waals surface area contributed by atoms with Crippen LogP contribution >= 0.6 is 0 Å². The highest BCUT2D eigenvalue weighted by molar-refractivity contribution is 4.98. The van der Waals surface area contributed by atoms with Crippen molar-refractivity contribution in [2.75, 3.05) is 0 Å². The largest absolute Gasteiger partial charge is 0.318 e. The van der Waals surface area contributed by atoms with Crippen molar-refractivity contribution in [3.05, 3.63) is 0 Å². The smallest absolute Gasteiger partial charge is 0.0664 e. The van der Waals surface area contributed by atoms with Gasteiger partial charge in [0.15, 0.2) is 0 Å². The molecule has 1 unspecified atom stereocenters. The van der Waals surface area contributed by atoms with Crippen molar-refractivity contribution in [3.63, 3.8) is 0 Å². The van der Waals surface area contributed by atoms with Gasteiger partial charge in [0.2, 0.25) is 0 Å². The molecule has 1 saturated carbocycles. The molecule has 1 fully saturated rings. The fourth-order valence-corrected chi connectivity index (χ4v) is 0.781. The van der Waals surface area contributed by atoms with E-state index in [0.717, 1.165) is 12.3 Å². The minimum Gasteiger partial charge on any atom is -0.318 e. The minimum absolute atomic E-state index is 0.0162. The Morgan fingerprint density at radius 2 is 2.38 bits per heavy atom. The van der Waals surface area contributed by atoms with E-state index in [1.807, 2.05) is 0 Å². The molecule has 1 nitrogen and oxygen atoms in total. The first kappa shape index (κ1) is 5.65. The second-order valence-corrected chi connectivity index (χ2v) is 2.45. The van der Waals surface area contributed by atoms with Crippen LogP contribution in [0.2, 0.25) is 0 Å². The molecule has 8 heavy (non-hydrogen) atoms. The van der Waals surface area contributed by atoms with Crippen molar-refractivity contribution in [2.45, 2.75) is 25.3 Å².